The van der Waals surface area contributed by atoms with Gasteiger partial charge in [-0.1, -0.05) is 18.2 Å². The topological polar surface area (TPSA) is 95.2 Å². The van der Waals surface area contributed by atoms with Crippen LogP contribution in [-0.4, -0.2) is 43.3 Å². The van der Waals surface area contributed by atoms with Crippen LogP contribution in [0.3, 0.4) is 0 Å². The van der Waals surface area contributed by atoms with E-state index in [1.54, 1.807) is 12.1 Å². The van der Waals surface area contributed by atoms with E-state index in [-0.39, 0.29) is 23.5 Å². The number of rotatable bonds is 11. The lowest BCUT2D eigenvalue weighted by Gasteiger charge is -2.10. The summed E-state index contributed by atoms with van der Waals surface area (Å²) in [5.41, 5.74) is -0.0155. The van der Waals surface area contributed by atoms with Gasteiger partial charge in [0.1, 0.15) is 16.9 Å². The van der Waals surface area contributed by atoms with Crippen molar-refractivity contribution in [2.24, 2.45) is 0 Å². The second kappa shape index (κ2) is 11.7. The van der Waals surface area contributed by atoms with Gasteiger partial charge in [0.15, 0.2) is 0 Å². The highest BCUT2D eigenvalue weighted by Crippen LogP contribution is 2.27. The van der Waals surface area contributed by atoms with Gasteiger partial charge in [-0.15, -0.1) is 0 Å². The van der Waals surface area contributed by atoms with Gasteiger partial charge in [-0.25, -0.2) is 4.79 Å². The van der Waals surface area contributed by atoms with Crippen LogP contribution in [0.25, 0.3) is 11.0 Å². The van der Waals surface area contributed by atoms with Crippen LogP contribution in [0, 0.1) is 0 Å². The SMILES string of the molecule is CCOCCOCCOCc1cc(O)cc2oc(=O)c(C(=O)Sc3ccccc3)cc12. The van der Waals surface area contributed by atoms with E-state index in [4.69, 9.17) is 18.6 Å². The maximum atomic E-state index is 12.7. The van der Waals surface area contributed by atoms with E-state index in [1.807, 2.05) is 25.1 Å². The zero-order valence-electron chi connectivity index (χ0n) is 17.2. The minimum absolute atomic E-state index is 0.0556. The minimum atomic E-state index is -0.749. The highest BCUT2D eigenvalue weighted by Gasteiger charge is 2.17. The molecule has 2 aromatic carbocycles. The summed E-state index contributed by atoms with van der Waals surface area (Å²) in [6.45, 7) is 4.49. The lowest BCUT2D eigenvalue weighted by Crippen LogP contribution is -2.12. The van der Waals surface area contributed by atoms with E-state index in [9.17, 15) is 14.7 Å². The van der Waals surface area contributed by atoms with Crippen molar-refractivity contribution in [3.63, 3.8) is 0 Å². The molecule has 1 aromatic heterocycles. The molecule has 3 rings (SSSR count). The second-order valence-corrected chi connectivity index (χ2v) is 7.58. The molecule has 7 nitrogen and oxygen atoms in total. The monoisotopic (exact) mass is 444 g/mol. The maximum absolute atomic E-state index is 12.7. The van der Waals surface area contributed by atoms with Crippen molar-refractivity contribution < 1.29 is 28.5 Å². The van der Waals surface area contributed by atoms with Crippen LogP contribution < -0.4 is 5.63 Å². The van der Waals surface area contributed by atoms with Gasteiger partial charge in [-0.3, -0.25) is 4.79 Å². The van der Waals surface area contributed by atoms with Gasteiger partial charge in [-0.05, 0) is 48.5 Å². The third-order valence-electron chi connectivity index (χ3n) is 4.30. The van der Waals surface area contributed by atoms with E-state index in [2.05, 4.69) is 0 Å². The Morgan fingerprint density at radius 2 is 1.71 bits per heavy atom. The average molecular weight is 445 g/mol. The van der Waals surface area contributed by atoms with Crippen LogP contribution in [0.1, 0.15) is 22.8 Å². The number of fused-ring (bicyclic) bond motifs is 1. The van der Waals surface area contributed by atoms with E-state index in [0.717, 1.165) is 16.7 Å². The molecule has 1 N–H and O–H groups in total. The number of aromatic hydroxyl groups is 1. The van der Waals surface area contributed by atoms with E-state index < -0.39 is 10.7 Å². The Balaban J connectivity index is 1.72. The van der Waals surface area contributed by atoms with Crippen molar-refractivity contribution in [3.8, 4) is 5.75 Å². The number of hydrogen-bond donors (Lipinski definition) is 1. The molecule has 0 radical (unpaired) electrons. The molecule has 0 fully saturated rings. The summed E-state index contributed by atoms with van der Waals surface area (Å²) in [6.07, 6.45) is 0. The highest BCUT2D eigenvalue weighted by atomic mass is 32.2. The molecule has 0 bridgehead atoms. The summed E-state index contributed by atoms with van der Waals surface area (Å²) in [4.78, 5) is 25.7. The Hall–Kier alpha value is -2.65. The fourth-order valence-electron chi connectivity index (χ4n) is 2.85. The van der Waals surface area contributed by atoms with E-state index in [0.29, 0.717) is 44.0 Å². The van der Waals surface area contributed by atoms with E-state index in [1.165, 1.54) is 18.2 Å². The van der Waals surface area contributed by atoms with Gasteiger partial charge in [0, 0.05) is 23.0 Å². The average Bonchev–Trinajstić information content (AvgIpc) is 2.75. The molecular formula is C23H24O7S. The molecule has 0 spiro atoms. The van der Waals surface area contributed by atoms with Gasteiger partial charge in [0.05, 0.1) is 33.0 Å². The first-order valence-electron chi connectivity index (χ1n) is 9.88. The Morgan fingerprint density at radius 1 is 1.00 bits per heavy atom. The van der Waals surface area contributed by atoms with Crippen LogP contribution in [0.15, 0.2) is 62.6 Å². The fourth-order valence-corrected chi connectivity index (χ4v) is 3.61. The number of phenols is 1. The molecule has 3 aromatic rings. The molecule has 0 aliphatic heterocycles. The zero-order chi connectivity index (χ0) is 22.1. The van der Waals surface area contributed by atoms with Crippen molar-refractivity contribution in [3.05, 3.63) is 70.1 Å². The molecule has 1 heterocycles. The first kappa shape index (κ1) is 23.0. The van der Waals surface area contributed by atoms with Crippen molar-refractivity contribution in [2.45, 2.75) is 18.4 Å². The zero-order valence-corrected chi connectivity index (χ0v) is 18.0. The molecular weight excluding hydrogens is 420 g/mol. The summed E-state index contributed by atoms with van der Waals surface area (Å²) < 4.78 is 21.5. The smallest absolute Gasteiger partial charge is 0.348 e. The molecule has 0 atom stereocenters. The minimum Gasteiger partial charge on any atom is -0.508 e. The summed E-state index contributed by atoms with van der Waals surface area (Å²) >= 11 is 0.955. The van der Waals surface area contributed by atoms with Gasteiger partial charge >= 0.3 is 5.63 Å². The lowest BCUT2D eigenvalue weighted by atomic mass is 10.1. The van der Waals surface area contributed by atoms with Gasteiger partial charge < -0.3 is 23.7 Å². The molecule has 164 valence electrons. The fraction of sp³-hybridized carbons (Fsp3) is 0.304. The van der Waals surface area contributed by atoms with Crippen molar-refractivity contribution >= 4 is 27.8 Å². The van der Waals surface area contributed by atoms with Crippen LogP contribution in [0.4, 0.5) is 0 Å². The maximum Gasteiger partial charge on any atom is 0.348 e. The normalized spacial score (nSPS) is 11.1. The van der Waals surface area contributed by atoms with Crippen LogP contribution in [0.2, 0.25) is 0 Å². The Bertz CT molecular complexity index is 1060. The first-order valence-corrected chi connectivity index (χ1v) is 10.7. The quantitative estimate of drug-likeness (QED) is 0.269. The molecule has 0 saturated heterocycles. The molecule has 31 heavy (non-hydrogen) atoms. The number of carbonyl (C=O) groups is 1. The van der Waals surface area contributed by atoms with Crippen molar-refractivity contribution in [1.29, 1.82) is 0 Å². The van der Waals surface area contributed by atoms with Crippen LogP contribution in [-0.2, 0) is 20.8 Å². The lowest BCUT2D eigenvalue weighted by molar-refractivity contribution is 0.0130. The predicted octanol–water partition coefficient (Wildman–Crippen LogP) is 4.00. The molecule has 0 saturated carbocycles. The largest absolute Gasteiger partial charge is 0.508 e. The molecule has 0 amide bonds. The first-order chi connectivity index (χ1) is 15.1. The molecule has 0 aliphatic carbocycles. The number of thioether (sulfide) groups is 1. The number of ether oxygens (including phenoxy) is 3. The summed E-state index contributed by atoms with van der Waals surface area (Å²) in [5.74, 6) is -0.0556. The van der Waals surface area contributed by atoms with Gasteiger partial charge in [-0.2, -0.15) is 0 Å². The third-order valence-corrected chi connectivity index (χ3v) is 5.22. The number of carbonyl (C=O) groups excluding carboxylic acids is 1. The summed E-state index contributed by atoms with van der Waals surface area (Å²) in [6, 6.07) is 13.4. The summed E-state index contributed by atoms with van der Waals surface area (Å²) in [5, 5.41) is 10.1. The second-order valence-electron chi connectivity index (χ2n) is 6.53. The molecule has 8 heteroatoms. The Labute approximate surface area is 183 Å². The van der Waals surface area contributed by atoms with E-state index >= 15 is 0 Å². The summed E-state index contributed by atoms with van der Waals surface area (Å²) in [7, 11) is 0. The number of hydrogen-bond acceptors (Lipinski definition) is 8. The van der Waals surface area contributed by atoms with Crippen molar-refractivity contribution in [2.75, 3.05) is 33.0 Å². The molecule has 0 unspecified atom stereocenters. The highest BCUT2D eigenvalue weighted by molar-refractivity contribution is 8.14. The van der Waals surface area contributed by atoms with Crippen molar-refractivity contribution in [1.82, 2.24) is 0 Å². The predicted molar refractivity (Wildman–Crippen MR) is 118 cm³/mol. The van der Waals surface area contributed by atoms with Crippen LogP contribution in [0.5, 0.6) is 5.75 Å². The Kier molecular flexibility index (Phi) is 8.66. The standard InChI is InChI=1S/C23H24O7S/c1-2-27-8-9-28-10-11-29-15-16-12-17(24)13-21-19(16)14-20(22(25)30-21)23(26)31-18-6-4-3-5-7-18/h3-7,12-14,24H,2,8-11,15H2,1H3. The number of benzene rings is 2. The van der Waals surface area contributed by atoms with Gasteiger partial charge in [0.25, 0.3) is 0 Å². The Morgan fingerprint density at radius 3 is 2.45 bits per heavy atom. The van der Waals surface area contributed by atoms with Gasteiger partial charge in [0.2, 0.25) is 5.12 Å². The van der Waals surface area contributed by atoms with Crippen LogP contribution >= 0.6 is 11.8 Å². The number of phenolic OH excluding ortho intramolecular Hbond substituents is 1. The third kappa shape index (κ3) is 6.67. The molecule has 0 aliphatic rings.